The zero-order chi connectivity index (χ0) is 6.41. The molecule has 5 nitrogen and oxygen atoms in total. The zero-order valence-electron chi connectivity index (χ0n) is 4.80. The van der Waals surface area contributed by atoms with E-state index < -0.39 is 0 Å². The lowest BCUT2D eigenvalue weighted by Gasteiger charge is -1.93. The molecular formula is C3H8N4O. The summed E-state index contributed by atoms with van der Waals surface area (Å²) < 4.78 is 0. The first-order valence-corrected chi connectivity index (χ1v) is 2.07. The molecule has 2 N–H and O–H groups in total. The fourth-order valence-corrected chi connectivity index (χ4v) is 0.154. The van der Waals surface area contributed by atoms with Gasteiger partial charge in [0.1, 0.15) is 0 Å². The first-order valence-electron chi connectivity index (χ1n) is 2.07. The van der Waals surface area contributed by atoms with Crippen molar-refractivity contribution < 1.29 is 4.79 Å². The Morgan fingerprint density at radius 2 is 2.25 bits per heavy atom. The molecule has 0 aliphatic rings. The Morgan fingerprint density at radius 3 is 2.62 bits per heavy atom. The summed E-state index contributed by atoms with van der Waals surface area (Å²) in [5, 5.41) is 6.56. The van der Waals surface area contributed by atoms with Crippen LogP contribution in [-0.4, -0.2) is 13.0 Å². The van der Waals surface area contributed by atoms with Crippen molar-refractivity contribution >= 4 is 5.91 Å². The molecule has 1 amide bonds. The highest BCUT2D eigenvalue weighted by Gasteiger charge is 1.81. The Hall–Kier alpha value is -1.13. The van der Waals surface area contributed by atoms with Crippen LogP contribution in [0.2, 0.25) is 0 Å². The quantitative estimate of drug-likeness (QED) is 0.381. The average Bonchev–Trinajstić information content (AvgIpc) is 1.66. The molecule has 0 aliphatic carbocycles. The number of carbonyl (C=O) groups is 1. The summed E-state index contributed by atoms with van der Waals surface area (Å²) in [5.74, 6) is -0.197. The van der Waals surface area contributed by atoms with Gasteiger partial charge in [0.25, 0.3) is 0 Å². The molecule has 0 saturated heterocycles. The summed E-state index contributed by atoms with van der Waals surface area (Å²) in [6, 6.07) is 0. The van der Waals surface area contributed by atoms with Gasteiger partial charge in [-0.15, -0.1) is 0 Å². The van der Waals surface area contributed by atoms with E-state index in [1.807, 2.05) is 0 Å². The van der Waals surface area contributed by atoms with Crippen molar-refractivity contribution in [3.63, 3.8) is 0 Å². The zero-order valence-corrected chi connectivity index (χ0v) is 4.80. The molecule has 0 radical (unpaired) electrons. The van der Waals surface area contributed by atoms with Crippen LogP contribution in [0.3, 0.4) is 0 Å². The van der Waals surface area contributed by atoms with E-state index in [-0.39, 0.29) is 5.91 Å². The van der Waals surface area contributed by atoms with E-state index in [1.54, 1.807) is 0 Å². The van der Waals surface area contributed by atoms with Crippen LogP contribution in [0.4, 0.5) is 0 Å². The van der Waals surface area contributed by atoms with Crippen LogP contribution in [0.1, 0.15) is 6.92 Å². The predicted octanol–water partition coefficient (Wildman–Crippen LogP) is -0.376. The third kappa shape index (κ3) is 4.87. The molecule has 0 aromatic carbocycles. The van der Waals surface area contributed by atoms with Crippen molar-refractivity contribution in [1.82, 2.24) is 11.0 Å². The van der Waals surface area contributed by atoms with Crippen LogP contribution in [-0.2, 0) is 4.79 Å². The van der Waals surface area contributed by atoms with Crippen molar-refractivity contribution in [3.05, 3.63) is 0 Å². The smallest absolute Gasteiger partial charge is 0.236 e. The number of carbonyl (C=O) groups excluding carboxylic acids is 1. The van der Waals surface area contributed by atoms with Gasteiger partial charge in [-0.1, -0.05) is 5.22 Å². The molecule has 0 saturated carbocycles. The first kappa shape index (κ1) is 6.87. The summed E-state index contributed by atoms with van der Waals surface area (Å²) in [5.41, 5.74) is 4.39. The number of hydrogen-bond acceptors (Lipinski definition) is 3. The average molecular weight is 116 g/mol. The lowest BCUT2D eigenvalue weighted by molar-refractivity contribution is -0.119. The van der Waals surface area contributed by atoms with E-state index in [0.717, 1.165) is 0 Å². The molecule has 0 bridgehead atoms. The minimum atomic E-state index is -0.197. The second-order valence-corrected chi connectivity index (χ2v) is 1.09. The minimum absolute atomic E-state index is 0.197. The number of hydrogen-bond donors (Lipinski definition) is 2. The Bertz CT molecular complexity index is 99.5. The van der Waals surface area contributed by atoms with Gasteiger partial charge in [0.15, 0.2) is 0 Å². The lowest BCUT2D eigenvalue weighted by Crippen LogP contribution is -2.30. The first-order chi connectivity index (χ1) is 3.77. The predicted molar refractivity (Wildman–Crippen MR) is 27.7 cm³/mol. The number of nitrogens with zero attached hydrogens (tertiary/aromatic N) is 2. The van der Waals surface area contributed by atoms with Gasteiger partial charge in [-0.3, -0.25) is 10.2 Å². The number of nitrogens with one attached hydrogen (secondary N) is 2. The molecule has 46 valence electrons. The van der Waals surface area contributed by atoms with E-state index in [4.69, 9.17) is 0 Å². The van der Waals surface area contributed by atoms with Gasteiger partial charge < -0.3 is 0 Å². The molecule has 0 aromatic rings. The SMILES string of the molecule is CN=NNNC(C)=O. The van der Waals surface area contributed by atoms with Crippen LogP contribution in [0.5, 0.6) is 0 Å². The van der Waals surface area contributed by atoms with E-state index in [9.17, 15) is 4.79 Å². The molecule has 8 heavy (non-hydrogen) atoms. The maximum absolute atomic E-state index is 10.0. The molecule has 0 atom stereocenters. The third-order valence-corrected chi connectivity index (χ3v) is 0.382. The van der Waals surface area contributed by atoms with Gasteiger partial charge in [0.05, 0.1) is 7.05 Å². The summed E-state index contributed by atoms with van der Waals surface area (Å²) in [7, 11) is 1.49. The molecule has 0 unspecified atom stereocenters. The van der Waals surface area contributed by atoms with Crippen LogP contribution in [0.25, 0.3) is 0 Å². The number of rotatable bonds is 2. The monoisotopic (exact) mass is 116 g/mol. The minimum Gasteiger partial charge on any atom is -0.274 e. The van der Waals surface area contributed by atoms with Gasteiger partial charge in [-0.05, 0) is 0 Å². The van der Waals surface area contributed by atoms with E-state index in [2.05, 4.69) is 21.3 Å². The molecular weight excluding hydrogens is 108 g/mol. The van der Waals surface area contributed by atoms with Crippen LogP contribution < -0.4 is 11.0 Å². The van der Waals surface area contributed by atoms with Crippen LogP contribution in [0, 0.1) is 0 Å². The number of hydrazine groups is 1. The highest BCUT2D eigenvalue weighted by Crippen LogP contribution is 1.56. The van der Waals surface area contributed by atoms with Crippen LogP contribution >= 0.6 is 0 Å². The summed E-state index contributed by atoms with van der Waals surface area (Å²) >= 11 is 0. The molecule has 0 heterocycles. The van der Waals surface area contributed by atoms with Gasteiger partial charge in [0.2, 0.25) is 5.91 Å². The third-order valence-electron chi connectivity index (χ3n) is 0.382. The highest BCUT2D eigenvalue weighted by atomic mass is 16.2. The molecule has 5 heteroatoms. The summed E-state index contributed by atoms with van der Waals surface area (Å²) in [6.45, 7) is 1.37. The normalized spacial score (nSPS) is 9.25. The fraction of sp³-hybridized carbons (Fsp3) is 0.667. The fourth-order valence-electron chi connectivity index (χ4n) is 0.154. The largest absolute Gasteiger partial charge is 0.274 e. The Kier molecular flexibility index (Phi) is 3.47. The van der Waals surface area contributed by atoms with Crippen molar-refractivity contribution in [3.8, 4) is 0 Å². The molecule has 0 spiro atoms. The second-order valence-electron chi connectivity index (χ2n) is 1.09. The lowest BCUT2D eigenvalue weighted by atomic mass is 10.8. The van der Waals surface area contributed by atoms with E-state index >= 15 is 0 Å². The maximum atomic E-state index is 10.0. The molecule has 0 aromatic heterocycles. The topological polar surface area (TPSA) is 65.8 Å². The summed E-state index contributed by atoms with van der Waals surface area (Å²) in [6.07, 6.45) is 0. The second kappa shape index (κ2) is 4.04. The van der Waals surface area contributed by atoms with Crippen molar-refractivity contribution in [1.29, 1.82) is 0 Å². The van der Waals surface area contributed by atoms with E-state index in [0.29, 0.717) is 0 Å². The van der Waals surface area contributed by atoms with Crippen LogP contribution in [0.15, 0.2) is 10.3 Å². The molecule has 0 aliphatic heterocycles. The van der Waals surface area contributed by atoms with Gasteiger partial charge in [0, 0.05) is 6.92 Å². The van der Waals surface area contributed by atoms with Gasteiger partial charge in [-0.25, -0.2) is 0 Å². The maximum Gasteiger partial charge on any atom is 0.236 e. The molecule has 0 fully saturated rings. The van der Waals surface area contributed by atoms with E-state index in [1.165, 1.54) is 14.0 Å². The van der Waals surface area contributed by atoms with Crippen molar-refractivity contribution in [2.75, 3.05) is 7.05 Å². The number of amides is 1. The Balaban J connectivity index is 3.05. The summed E-state index contributed by atoms with van der Waals surface area (Å²) in [4.78, 5) is 10.0. The molecule has 0 rings (SSSR count). The highest BCUT2D eigenvalue weighted by molar-refractivity contribution is 5.72. The van der Waals surface area contributed by atoms with Crippen molar-refractivity contribution in [2.45, 2.75) is 6.92 Å². The standard InChI is InChI=1S/C3H8N4O/c1-3(8)5-7-6-4-2/h1-2H3,(H,4,7)(H,5,6,8). The van der Waals surface area contributed by atoms with Crippen molar-refractivity contribution in [2.24, 2.45) is 10.3 Å². The Labute approximate surface area is 47.1 Å². The van der Waals surface area contributed by atoms with Gasteiger partial charge in [-0.2, -0.15) is 10.6 Å². The van der Waals surface area contributed by atoms with Gasteiger partial charge >= 0.3 is 0 Å². The Morgan fingerprint density at radius 1 is 1.62 bits per heavy atom.